The summed E-state index contributed by atoms with van der Waals surface area (Å²) in [5, 5.41) is 2.52. The number of benzene rings is 1. The Morgan fingerprint density at radius 1 is 1.18 bits per heavy atom. The zero-order valence-electron chi connectivity index (χ0n) is 11.8. The molecule has 2 rings (SSSR count). The molecule has 22 heavy (non-hydrogen) atoms. The maximum Gasteiger partial charge on any atom is 0.340 e. The highest BCUT2D eigenvalue weighted by molar-refractivity contribution is 6.09. The van der Waals surface area contributed by atoms with Gasteiger partial charge in [0, 0.05) is 6.42 Å². The molecular formula is C14H15N3O5. The van der Waals surface area contributed by atoms with E-state index in [1.807, 2.05) is 0 Å². The van der Waals surface area contributed by atoms with Crippen LogP contribution >= 0.6 is 0 Å². The van der Waals surface area contributed by atoms with Crippen molar-refractivity contribution in [3.05, 3.63) is 29.8 Å². The number of anilines is 1. The van der Waals surface area contributed by atoms with Crippen molar-refractivity contribution in [3.8, 4) is 0 Å². The second-order valence-corrected chi connectivity index (χ2v) is 4.55. The molecule has 1 heterocycles. The van der Waals surface area contributed by atoms with Gasteiger partial charge in [0.15, 0.2) is 0 Å². The third kappa shape index (κ3) is 3.40. The summed E-state index contributed by atoms with van der Waals surface area (Å²) in [6.45, 7) is 1.89. The number of rotatable bonds is 5. The summed E-state index contributed by atoms with van der Waals surface area (Å²) in [4.78, 5) is 46.5. The van der Waals surface area contributed by atoms with Gasteiger partial charge in [-0.3, -0.25) is 25.2 Å². The second-order valence-electron chi connectivity index (χ2n) is 4.55. The molecule has 0 unspecified atom stereocenters. The Bertz CT molecular complexity index is 613. The molecule has 0 radical (unpaired) electrons. The van der Waals surface area contributed by atoms with Crippen molar-refractivity contribution < 1.29 is 23.9 Å². The van der Waals surface area contributed by atoms with Crippen LogP contribution in [-0.2, 0) is 19.1 Å². The van der Waals surface area contributed by atoms with Crippen LogP contribution in [0.1, 0.15) is 23.7 Å². The predicted molar refractivity (Wildman–Crippen MR) is 75.4 cm³/mol. The Morgan fingerprint density at radius 3 is 2.45 bits per heavy atom. The monoisotopic (exact) mass is 305 g/mol. The van der Waals surface area contributed by atoms with Crippen LogP contribution in [0.2, 0.25) is 0 Å². The Labute approximate surface area is 126 Å². The fourth-order valence-corrected chi connectivity index (χ4v) is 1.97. The SMILES string of the molecule is CCOC(=O)c1ccccc1NC(=O)CC1C(=O)NNC1=O. The summed E-state index contributed by atoms with van der Waals surface area (Å²) in [5.74, 6) is -3.30. The maximum absolute atomic E-state index is 12.0. The van der Waals surface area contributed by atoms with E-state index in [1.54, 1.807) is 25.1 Å². The van der Waals surface area contributed by atoms with Crippen molar-refractivity contribution in [2.24, 2.45) is 5.92 Å². The molecule has 1 aliphatic rings. The summed E-state index contributed by atoms with van der Waals surface area (Å²) >= 11 is 0. The summed E-state index contributed by atoms with van der Waals surface area (Å²) in [6, 6.07) is 6.34. The highest BCUT2D eigenvalue weighted by Gasteiger charge is 2.34. The van der Waals surface area contributed by atoms with Crippen LogP contribution in [0, 0.1) is 5.92 Å². The number of ether oxygens (including phenoxy) is 1. The summed E-state index contributed by atoms with van der Waals surface area (Å²) < 4.78 is 4.90. The summed E-state index contributed by atoms with van der Waals surface area (Å²) in [6.07, 6.45) is -0.311. The minimum absolute atomic E-state index is 0.207. The Kier molecular flexibility index (Phi) is 4.72. The van der Waals surface area contributed by atoms with Crippen molar-refractivity contribution in [2.75, 3.05) is 11.9 Å². The molecule has 0 bridgehead atoms. The molecule has 8 nitrogen and oxygen atoms in total. The quantitative estimate of drug-likeness (QED) is 0.522. The van der Waals surface area contributed by atoms with Gasteiger partial charge < -0.3 is 10.1 Å². The van der Waals surface area contributed by atoms with Crippen molar-refractivity contribution in [3.63, 3.8) is 0 Å². The fourth-order valence-electron chi connectivity index (χ4n) is 1.97. The predicted octanol–water partition coefficient (Wildman–Crippen LogP) is -0.0309. The van der Waals surface area contributed by atoms with Crippen LogP contribution in [0.3, 0.4) is 0 Å². The van der Waals surface area contributed by atoms with Gasteiger partial charge in [0.05, 0.1) is 17.9 Å². The molecule has 1 aromatic rings. The van der Waals surface area contributed by atoms with E-state index in [0.29, 0.717) is 0 Å². The smallest absolute Gasteiger partial charge is 0.340 e. The van der Waals surface area contributed by atoms with Crippen molar-refractivity contribution in [1.82, 2.24) is 10.9 Å². The van der Waals surface area contributed by atoms with Gasteiger partial charge in [0.2, 0.25) is 5.91 Å². The van der Waals surface area contributed by atoms with E-state index < -0.39 is 29.6 Å². The lowest BCUT2D eigenvalue weighted by atomic mass is 10.0. The van der Waals surface area contributed by atoms with Gasteiger partial charge in [-0.05, 0) is 19.1 Å². The first kappa shape index (κ1) is 15.5. The van der Waals surface area contributed by atoms with Crippen LogP contribution in [-0.4, -0.2) is 30.3 Å². The average Bonchev–Trinajstić information content (AvgIpc) is 2.80. The highest BCUT2D eigenvalue weighted by atomic mass is 16.5. The standard InChI is InChI=1S/C14H15N3O5/c1-2-22-14(21)8-5-3-4-6-10(8)15-11(18)7-9-12(19)16-17-13(9)20/h3-6,9H,2,7H2,1H3,(H,15,18)(H,16,19)(H,17,20). The molecule has 0 aromatic heterocycles. The molecule has 1 aromatic carbocycles. The zero-order valence-corrected chi connectivity index (χ0v) is 11.8. The van der Waals surface area contributed by atoms with Gasteiger partial charge in [0.25, 0.3) is 11.8 Å². The first-order valence-corrected chi connectivity index (χ1v) is 6.68. The van der Waals surface area contributed by atoms with E-state index in [2.05, 4.69) is 16.2 Å². The number of nitrogens with one attached hydrogen (secondary N) is 3. The number of hydrogen-bond acceptors (Lipinski definition) is 5. The minimum atomic E-state index is -1.07. The maximum atomic E-state index is 12.0. The van der Waals surface area contributed by atoms with Gasteiger partial charge in [-0.15, -0.1) is 0 Å². The second kappa shape index (κ2) is 6.70. The van der Waals surface area contributed by atoms with Crippen LogP contribution in [0.15, 0.2) is 24.3 Å². The topological polar surface area (TPSA) is 114 Å². The number of hydrogen-bond donors (Lipinski definition) is 3. The molecule has 3 amide bonds. The lowest BCUT2D eigenvalue weighted by Crippen LogP contribution is -2.28. The van der Waals surface area contributed by atoms with Gasteiger partial charge in [-0.1, -0.05) is 12.1 Å². The fraction of sp³-hybridized carbons (Fsp3) is 0.286. The van der Waals surface area contributed by atoms with E-state index >= 15 is 0 Å². The van der Waals surface area contributed by atoms with Crippen LogP contribution < -0.4 is 16.2 Å². The van der Waals surface area contributed by atoms with E-state index in [-0.39, 0.29) is 24.3 Å². The van der Waals surface area contributed by atoms with Gasteiger partial charge in [0.1, 0.15) is 5.92 Å². The van der Waals surface area contributed by atoms with Gasteiger partial charge in [-0.25, -0.2) is 4.79 Å². The Morgan fingerprint density at radius 2 is 1.82 bits per heavy atom. The molecule has 0 saturated carbocycles. The number of hydrazine groups is 1. The van der Waals surface area contributed by atoms with E-state index in [4.69, 9.17) is 4.74 Å². The van der Waals surface area contributed by atoms with Crippen molar-refractivity contribution in [1.29, 1.82) is 0 Å². The van der Waals surface area contributed by atoms with E-state index in [9.17, 15) is 19.2 Å². The van der Waals surface area contributed by atoms with Crippen molar-refractivity contribution in [2.45, 2.75) is 13.3 Å². The molecule has 0 spiro atoms. The van der Waals surface area contributed by atoms with Gasteiger partial charge >= 0.3 is 5.97 Å². The lowest BCUT2D eigenvalue weighted by Gasteiger charge is -2.11. The summed E-state index contributed by atoms with van der Waals surface area (Å²) in [7, 11) is 0. The van der Waals surface area contributed by atoms with Crippen molar-refractivity contribution >= 4 is 29.4 Å². The van der Waals surface area contributed by atoms with E-state index in [0.717, 1.165) is 0 Å². The van der Waals surface area contributed by atoms with Crippen LogP contribution in [0.4, 0.5) is 5.69 Å². The van der Waals surface area contributed by atoms with E-state index in [1.165, 1.54) is 6.07 Å². The molecular weight excluding hydrogens is 290 g/mol. The third-order valence-corrected chi connectivity index (χ3v) is 3.03. The molecule has 0 aliphatic carbocycles. The number of amides is 3. The molecule has 1 aliphatic heterocycles. The Balaban J connectivity index is 2.07. The van der Waals surface area contributed by atoms with Crippen LogP contribution in [0.25, 0.3) is 0 Å². The van der Waals surface area contributed by atoms with Gasteiger partial charge in [-0.2, -0.15) is 0 Å². The number of para-hydroxylation sites is 1. The van der Waals surface area contributed by atoms with Crippen LogP contribution in [0.5, 0.6) is 0 Å². The molecule has 1 saturated heterocycles. The lowest BCUT2D eigenvalue weighted by molar-refractivity contribution is -0.131. The Hall–Kier alpha value is -2.90. The first-order valence-electron chi connectivity index (χ1n) is 6.68. The molecule has 3 N–H and O–H groups in total. The molecule has 116 valence electrons. The first-order chi connectivity index (χ1) is 10.5. The third-order valence-electron chi connectivity index (χ3n) is 3.03. The zero-order chi connectivity index (χ0) is 16.1. The molecule has 0 atom stereocenters. The minimum Gasteiger partial charge on any atom is -0.462 e. The number of esters is 1. The normalized spacial score (nSPS) is 14.2. The average molecular weight is 305 g/mol. The summed E-state index contributed by atoms with van der Waals surface area (Å²) in [5.41, 5.74) is 4.76. The largest absolute Gasteiger partial charge is 0.462 e. The highest BCUT2D eigenvalue weighted by Crippen LogP contribution is 2.18. The number of carbonyl (C=O) groups is 4. The molecule has 8 heteroatoms. The molecule has 1 fully saturated rings. The number of carbonyl (C=O) groups excluding carboxylic acids is 4.